The first-order valence-electron chi connectivity index (χ1n) is 7.60. The number of urea groups is 1. The van der Waals surface area contributed by atoms with Crippen LogP contribution in [0.4, 0.5) is 36.8 Å². The molecule has 1 aliphatic heterocycles. The van der Waals surface area contributed by atoms with Crippen LogP contribution in [0.5, 0.6) is 0 Å². The lowest BCUT2D eigenvalue weighted by atomic mass is 9.66. The van der Waals surface area contributed by atoms with Crippen molar-refractivity contribution < 1.29 is 36.2 Å². The number of anilines is 1. The summed E-state index contributed by atoms with van der Waals surface area (Å²) in [4.78, 5) is 12.9. The number of fused-ring (bicyclic) bond motifs is 1. The molecule has 0 aromatic heterocycles. The largest absolute Gasteiger partial charge is 0.456 e. The van der Waals surface area contributed by atoms with Crippen LogP contribution in [0.15, 0.2) is 42.5 Å². The molecule has 0 saturated heterocycles. The molecule has 0 atom stereocenters. The van der Waals surface area contributed by atoms with Crippen LogP contribution in [-0.4, -0.2) is 22.9 Å². The van der Waals surface area contributed by atoms with Crippen LogP contribution in [-0.2, 0) is 18.9 Å². The summed E-state index contributed by atoms with van der Waals surface area (Å²) in [5.41, 5.74) is -4.25. The highest BCUT2D eigenvalue weighted by Gasteiger charge is 2.46. The van der Waals surface area contributed by atoms with Crippen molar-refractivity contribution in [2.45, 2.75) is 18.9 Å². The Hall–Kier alpha value is -2.69. The number of carbonyl (C=O) groups excluding carboxylic acids is 1. The lowest BCUT2D eigenvalue weighted by Crippen LogP contribution is -2.59. The Labute approximate surface area is 149 Å². The van der Waals surface area contributed by atoms with E-state index in [0.29, 0.717) is 16.4 Å². The number of nitrogens with one attached hydrogen (secondary N) is 1. The zero-order valence-electron chi connectivity index (χ0n) is 13.4. The van der Waals surface area contributed by atoms with Crippen LogP contribution in [0, 0.1) is 0 Å². The minimum absolute atomic E-state index is 0.0692. The van der Waals surface area contributed by atoms with E-state index in [1.54, 1.807) is 30.3 Å². The van der Waals surface area contributed by atoms with Crippen molar-refractivity contribution >= 4 is 24.2 Å². The molecule has 1 aliphatic rings. The average molecular weight is 388 g/mol. The van der Waals surface area contributed by atoms with Crippen molar-refractivity contribution in [1.29, 1.82) is 0 Å². The van der Waals surface area contributed by atoms with Crippen molar-refractivity contribution in [3.63, 3.8) is 0 Å². The molecular weight excluding hydrogens is 377 g/mol. The lowest BCUT2D eigenvalue weighted by Gasteiger charge is -2.34. The fourth-order valence-electron chi connectivity index (χ4n) is 2.83. The standard InChI is InChI=1S/C16H11BF6N2O2/c18-15(19,20)10-6-11(16(21,22)23)13-12(7-10)24-14(26)25(17(13)27)8-9-4-2-1-3-5-9/h1-7,27H,8H2,(H,24,26). The van der Waals surface area contributed by atoms with Crippen LogP contribution < -0.4 is 10.8 Å². The second kappa shape index (κ2) is 6.48. The third-order valence-corrected chi connectivity index (χ3v) is 4.06. The van der Waals surface area contributed by atoms with Gasteiger partial charge in [-0.2, -0.15) is 26.3 Å². The average Bonchev–Trinajstić information content (AvgIpc) is 2.56. The van der Waals surface area contributed by atoms with Crippen molar-refractivity contribution in [2.24, 2.45) is 0 Å². The van der Waals surface area contributed by atoms with E-state index in [4.69, 9.17) is 0 Å². The Kier molecular flexibility index (Phi) is 4.58. The second-order valence-electron chi connectivity index (χ2n) is 5.90. The third kappa shape index (κ3) is 3.73. The first-order valence-corrected chi connectivity index (χ1v) is 7.60. The molecule has 4 nitrogen and oxygen atoms in total. The van der Waals surface area contributed by atoms with Gasteiger partial charge in [0.15, 0.2) is 0 Å². The van der Waals surface area contributed by atoms with Gasteiger partial charge in [-0.25, -0.2) is 4.79 Å². The summed E-state index contributed by atoms with van der Waals surface area (Å²) in [5, 5.41) is 12.4. The van der Waals surface area contributed by atoms with Gasteiger partial charge in [-0.1, -0.05) is 30.3 Å². The number of amides is 2. The first-order chi connectivity index (χ1) is 12.5. The predicted octanol–water partition coefficient (Wildman–Crippen LogP) is 3.46. The Morgan fingerprint density at radius 1 is 1.00 bits per heavy atom. The summed E-state index contributed by atoms with van der Waals surface area (Å²) < 4.78 is 78.9. The Morgan fingerprint density at radius 3 is 2.19 bits per heavy atom. The van der Waals surface area contributed by atoms with Gasteiger partial charge in [0.05, 0.1) is 11.1 Å². The number of hydrogen-bond donors (Lipinski definition) is 2. The van der Waals surface area contributed by atoms with Gasteiger partial charge in [0.2, 0.25) is 0 Å². The minimum atomic E-state index is -5.16. The van der Waals surface area contributed by atoms with E-state index < -0.39 is 47.7 Å². The highest BCUT2D eigenvalue weighted by atomic mass is 19.4. The summed E-state index contributed by atoms with van der Waals surface area (Å²) in [6, 6.07) is 7.44. The molecule has 1 heterocycles. The maximum atomic E-state index is 13.4. The van der Waals surface area contributed by atoms with Gasteiger partial charge in [-0.15, -0.1) is 0 Å². The molecule has 0 aliphatic carbocycles. The molecule has 2 N–H and O–H groups in total. The van der Waals surface area contributed by atoms with E-state index in [-0.39, 0.29) is 12.6 Å². The molecule has 0 bridgehead atoms. The molecule has 2 aromatic rings. The smallest absolute Gasteiger partial charge is 0.428 e. The monoisotopic (exact) mass is 388 g/mol. The normalized spacial score (nSPS) is 14.9. The van der Waals surface area contributed by atoms with E-state index >= 15 is 0 Å². The van der Waals surface area contributed by atoms with Crippen molar-refractivity contribution in [2.75, 3.05) is 5.32 Å². The molecule has 2 aromatic carbocycles. The minimum Gasteiger partial charge on any atom is -0.428 e. The number of nitrogens with zero attached hydrogens (tertiary/aromatic N) is 1. The number of rotatable bonds is 2. The van der Waals surface area contributed by atoms with Gasteiger partial charge in [-0.05, 0) is 17.7 Å². The molecule has 142 valence electrons. The summed E-state index contributed by atoms with van der Waals surface area (Å²) in [6.45, 7) is -0.231. The van der Waals surface area contributed by atoms with Crippen LogP contribution in [0.3, 0.4) is 0 Å². The quantitative estimate of drug-likeness (QED) is 0.612. The number of benzene rings is 2. The zero-order chi connectivity index (χ0) is 20.0. The maximum absolute atomic E-state index is 13.4. The highest BCUT2D eigenvalue weighted by Crippen LogP contribution is 2.37. The summed E-state index contributed by atoms with van der Waals surface area (Å²) >= 11 is 0. The number of carbonyl (C=O) groups is 1. The molecule has 0 spiro atoms. The predicted molar refractivity (Wildman–Crippen MR) is 85.1 cm³/mol. The summed E-state index contributed by atoms with van der Waals surface area (Å²) in [7, 11) is -2.06. The van der Waals surface area contributed by atoms with Gasteiger partial charge < -0.3 is 15.2 Å². The topological polar surface area (TPSA) is 52.6 Å². The fourth-order valence-corrected chi connectivity index (χ4v) is 2.83. The Bertz CT molecular complexity index is 870. The molecule has 0 fully saturated rings. The van der Waals surface area contributed by atoms with E-state index in [1.165, 1.54) is 0 Å². The SMILES string of the molecule is O=C1Nc2cc(C(F)(F)F)cc(C(F)(F)F)c2B(O)N1Cc1ccccc1. The lowest BCUT2D eigenvalue weighted by molar-refractivity contribution is -0.142. The first kappa shape index (κ1) is 19.1. The second-order valence-corrected chi connectivity index (χ2v) is 5.90. The van der Waals surface area contributed by atoms with E-state index in [0.717, 1.165) is 0 Å². The zero-order valence-corrected chi connectivity index (χ0v) is 13.4. The van der Waals surface area contributed by atoms with Crippen LogP contribution in [0.1, 0.15) is 16.7 Å². The Balaban J connectivity index is 2.10. The van der Waals surface area contributed by atoms with Crippen molar-refractivity contribution in [3.05, 3.63) is 59.2 Å². The summed E-state index contributed by atoms with van der Waals surface area (Å²) in [5.74, 6) is 0. The van der Waals surface area contributed by atoms with Gasteiger partial charge in [0.1, 0.15) is 0 Å². The number of hydrogen-bond acceptors (Lipinski definition) is 2. The van der Waals surface area contributed by atoms with Crippen LogP contribution in [0.25, 0.3) is 0 Å². The number of alkyl halides is 6. The molecule has 2 amide bonds. The van der Waals surface area contributed by atoms with E-state index in [2.05, 4.69) is 0 Å². The molecule has 0 radical (unpaired) electrons. The molecule has 11 heteroatoms. The van der Waals surface area contributed by atoms with Crippen molar-refractivity contribution in [3.8, 4) is 0 Å². The molecule has 0 unspecified atom stereocenters. The van der Waals surface area contributed by atoms with Gasteiger partial charge in [0, 0.05) is 17.7 Å². The molecule has 3 rings (SSSR count). The third-order valence-electron chi connectivity index (χ3n) is 4.06. The van der Waals surface area contributed by atoms with Gasteiger partial charge in [0.25, 0.3) is 0 Å². The fraction of sp³-hybridized carbons (Fsp3) is 0.188. The molecule has 0 saturated carbocycles. The van der Waals surface area contributed by atoms with Crippen LogP contribution in [0.2, 0.25) is 0 Å². The van der Waals surface area contributed by atoms with Gasteiger partial charge >= 0.3 is 25.4 Å². The van der Waals surface area contributed by atoms with Gasteiger partial charge in [-0.3, -0.25) is 0 Å². The molecular formula is C16H11BF6N2O2. The maximum Gasteiger partial charge on any atom is 0.456 e. The van der Waals surface area contributed by atoms with Crippen molar-refractivity contribution in [1.82, 2.24) is 4.81 Å². The summed E-state index contributed by atoms with van der Waals surface area (Å²) in [6.07, 6.45) is -10.2. The van der Waals surface area contributed by atoms with E-state index in [9.17, 15) is 36.2 Å². The number of halogens is 6. The van der Waals surface area contributed by atoms with Crippen LogP contribution >= 0.6 is 0 Å². The highest BCUT2D eigenvalue weighted by molar-refractivity contribution is 6.69. The molecule has 27 heavy (non-hydrogen) atoms. The van der Waals surface area contributed by atoms with E-state index in [1.807, 2.05) is 5.32 Å². The Morgan fingerprint density at radius 2 is 1.63 bits per heavy atom.